The van der Waals surface area contributed by atoms with Crippen molar-refractivity contribution in [2.24, 2.45) is 5.92 Å². The smallest absolute Gasteiger partial charge is 0.279 e. The molecule has 2 unspecified atom stereocenters. The Morgan fingerprint density at radius 1 is 1.24 bits per heavy atom. The average Bonchev–Trinajstić information content (AvgIpc) is 3.19. The molecule has 6 nitrogen and oxygen atoms in total. The molecule has 2 fully saturated rings. The van der Waals surface area contributed by atoms with Crippen LogP contribution in [0.25, 0.3) is 0 Å². The van der Waals surface area contributed by atoms with E-state index in [1.54, 1.807) is 7.05 Å². The van der Waals surface area contributed by atoms with E-state index >= 15 is 0 Å². The van der Waals surface area contributed by atoms with Gasteiger partial charge in [0.15, 0.2) is 0 Å². The molecule has 1 saturated carbocycles. The minimum Gasteiger partial charge on any atom is -0.376 e. The zero-order valence-electron chi connectivity index (χ0n) is 13.2. The summed E-state index contributed by atoms with van der Waals surface area (Å²) in [5, 5.41) is 3.28. The average molecular weight is 319 g/mol. The summed E-state index contributed by atoms with van der Waals surface area (Å²) in [7, 11) is -1.76. The quantitative estimate of drug-likeness (QED) is 0.582. The van der Waals surface area contributed by atoms with Gasteiger partial charge in [-0.2, -0.15) is 17.4 Å². The fraction of sp³-hybridized carbons (Fsp3) is 1.00. The van der Waals surface area contributed by atoms with Crippen molar-refractivity contribution in [3.05, 3.63) is 0 Å². The zero-order chi connectivity index (χ0) is 15.3. The Morgan fingerprint density at radius 3 is 2.67 bits per heavy atom. The van der Waals surface area contributed by atoms with Crippen LogP contribution in [0.2, 0.25) is 0 Å². The molecule has 2 rings (SSSR count). The monoisotopic (exact) mass is 319 g/mol. The van der Waals surface area contributed by atoms with Gasteiger partial charge in [-0.3, -0.25) is 0 Å². The molecule has 1 heterocycles. The molecule has 2 aliphatic rings. The van der Waals surface area contributed by atoms with Crippen molar-refractivity contribution in [1.29, 1.82) is 0 Å². The highest BCUT2D eigenvalue weighted by atomic mass is 32.2. The minimum atomic E-state index is -3.40. The normalized spacial score (nSPS) is 26.6. The van der Waals surface area contributed by atoms with Crippen LogP contribution in [0.4, 0.5) is 0 Å². The Morgan fingerprint density at radius 2 is 2.00 bits per heavy atom. The van der Waals surface area contributed by atoms with E-state index in [0.717, 1.165) is 32.4 Å². The molecule has 0 spiro atoms. The van der Waals surface area contributed by atoms with Crippen LogP contribution >= 0.6 is 0 Å². The standard InChI is InChI=1S/C14H29N3O3S/c1-3-8-15-9-4-10-17(2)21(18,19)16-13-7-11-20-14(13)12-5-6-12/h12-16H,3-11H2,1-2H3. The maximum Gasteiger partial charge on any atom is 0.279 e. The molecule has 1 aliphatic heterocycles. The number of ether oxygens (including phenoxy) is 1. The zero-order valence-corrected chi connectivity index (χ0v) is 14.0. The van der Waals surface area contributed by atoms with Gasteiger partial charge in [0, 0.05) is 20.2 Å². The van der Waals surface area contributed by atoms with Crippen molar-refractivity contribution in [2.45, 2.75) is 51.2 Å². The van der Waals surface area contributed by atoms with E-state index in [-0.39, 0.29) is 12.1 Å². The number of nitrogens with zero attached hydrogens (tertiary/aromatic N) is 1. The molecule has 21 heavy (non-hydrogen) atoms. The second-order valence-electron chi connectivity index (χ2n) is 6.12. The Balaban J connectivity index is 1.74. The molecular weight excluding hydrogens is 290 g/mol. The van der Waals surface area contributed by atoms with Crippen LogP contribution in [-0.2, 0) is 14.9 Å². The lowest BCUT2D eigenvalue weighted by atomic mass is 10.1. The fourth-order valence-electron chi connectivity index (χ4n) is 2.76. The van der Waals surface area contributed by atoms with E-state index in [1.807, 2.05) is 0 Å². The van der Waals surface area contributed by atoms with Crippen LogP contribution in [0.5, 0.6) is 0 Å². The molecule has 0 amide bonds. The summed E-state index contributed by atoms with van der Waals surface area (Å²) in [5.41, 5.74) is 0. The highest BCUT2D eigenvalue weighted by Gasteiger charge is 2.42. The number of hydrogen-bond acceptors (Lipinski definition) is 4. The Labute approximate surface area is 128 Å². The first kappa shape index (κ1) is 17.1. The summed E-state index contributed by atoms with van der Waals surface area (Å²) >= 11 is 0. The first-order valence-electron chi connectivity index (χ1n) is 8.10. The van der Waals surface area contributed by atoms with Gasteiger partial charge in [-0.05, 0) is 51.1 Å². The molecule has 1 saturated heterocycles. The van der Waals surface area contributed by atoms with Gasteiger partial charge in [-0.25, -0.2) is 0 Å². The van der Waals surface area contributed by atoms with Crippen molar-refractivity contribution < 1.29 is 13.2 Å². The molecule has 0 bridgehead atoms. The van der Waals surface area contributed by atoms with Gasteiger partial charge in [-0.15, -0.1) is 0 Å². The third-order valence-electron chi connectivity index (χ3n) is 4.19. The SMILES string of the molecule is CCCNCCCN(C)S(=O)(=O)NC1CCOC1C1CC1. The summed E-state index contributed by atoms with van der Waals surface area (Å²) in [5.74, 6) is 0.559. The van der Waals surface area contributed by atoms with E-state index in [1.165, 1.54) is 17.1 Å². The van der Waals surface area contributed by atoms with E-state index in [4.69, 9.17) is 4.74 Å². The van der Waals surface area contributed by atoms with Crippen LogP contribution in [-0.4, -0.2) is 58.2 Å². The van der Waals surface area contributed by atoms with Gasteiger partial charge in [0.05, 0.1) is 12.1 Å². The summed E-state index contributed by atoms with van der Waals surface area (Å²) in [4.78, 5) is 0. The molecule has 0 aromatic heterocycles. The molecule has 0 aromatic carbocycles. The van der Waals surface area contributed by atoms with Gasteiger partial charge < -0.3 is 10.1 Å². The van der Waals surface area contributed by atoms with Crippen LogP contribution in [0, 0.1) is 5.92 Å². The maximum atomic E-state index is 12.3. The van der Waals surface area contributed by atoms with E-state index in [9.17, 15) is 8.42 Å². The highest BCUT2D eigenvalue weighted by molar-refractivity contribution is 7.87. The predicted molar refractivity (Wildman–Crippen MR) is 83.3 cm³/mol. The highest BCUT2D eigenvalue weighted by Crippen LogP contribution is 2.38. The first-order chi connectivity index (χ1) is 10.0. The van der Waals surface area contributed by atoms with E-state index in [2.05, 4.69) is 17.0 Å². The third-order valence-corrected chi connectivity index (χ3v) is 5.79. The Hall–Kier alpha value is -0.210. The predicted octanol–water partition coefficient (Wildman–Crippen LogP) is 0.710. The van der Waals surface area contributed by atoms with Crippen LogP contribution in [0.15, 0.2) is 0 Å². The third kappa shape index (κ3) is 5.17. The van der Waals surface area contributed by atoms with Gasteiger partial charge in [-0.1, -0.05) is 6.92 Å². The molecule has 0 aromatic rings. The van der Waals surface area contributed by atoms with E-state index in [0.29, 0.717) is 19.1 Å². The first-order valence-corrected chi connectivity index (χ1v) is 9.54. The Bertz CT molecular complexity index is 412. The minimum absolute atomic E-state index is 0.0526. The fourth-order valence-corrected chi connectivity index (χ4v) is 3.94. The van der Waals surface area contributed by atoms with E-state index < -0.39 is 10.2 Å². The largest absolute Gasteiger partial charge is 0.376 e. The van der Waals surface area contributed by atoms with Crippen LogP contribution in [0.1, 0.15) is 39.0 Å². The summed E-state index contributed by atoms with van der Waals surface area (Å²) in [6, 6.07) is -0.0526. The second-order valence-corrected chi connectivity index (χ2v) is 7.93. The molecular formula is C14H29N3O3S. The van der Waals surface area contributed by atoms with Crippen LogP contribution < -0.4 is 10.0 Å². The van der Waals surface area contributed by atoms with Crippen molar-refractivity contribution in [2.75, 3.05) is 33.3 Å². The summed E-state index contributed by atoms with van der Waals surface area (Å²) in [6.07, 6.45) is 5.12. The number of hydrogen-bond donors (Lipinski definition) is 2. The van der Waals surface area contributed by atoms with Gasteiger partial charge >= 0.3 is 0 Å². The van der Waals surface area contributed by atoms with Crippen molar-refractivity contribution >= 4 is 10.2 Å². The van der Waals surface area contributed by atoms with Crippen molar-refractivity contribution in [3.63, 3.8) is 0 Å². The molecule has 0 radical (unpaired) electrons. The second kappa shape index (κ2) is 7.87. The van der Waals surface area contributed by atoms with Gasteiger partial charge in [0.1, 0.15) is 0 Å². The molecule has 2 N–H and O–H groups in total. The molecule has 1 aliphatic carbocycles. The molecule has 124 valence electrons. The molecule has 2 atom stereocenters. The topological polar surface area (TPSA) is 70.7 Å². The van der Waals surface area contributed by atoms with Gasteiger partial charge in [0.25, 0.3) is 10.2 Å². The lowest BCUT2D eigenvalue weighted by Crippen LogP contribution is -2.47. The lowest BCUT2D eigenvalue weighted by Gasteiger charge is -2.23. The van der Waals surface area contributed by atoms with Gasteiger partial charge in [0.2, 0.25) is 0 Å². The van der Waals surface area contributed by atoms with Crippen LogP contribution in [0.3, 0.4) is 0 Å². The number of rotatable bonds is 10. The Kier molecular flexibility index (Phi) is 6.43. The van der Waals surface area contributed by atoms with Crippen molar-refractivity contribution in [3.8, 4) is 0 Å². The van der Waals surface area contributed by atoms with Crippen molar-refractivity contribution in [1.82, 2.24) is 14.3 Å². The number of nitrogens with one attached hydrogen (secondary N) is 2. The summed E-state index contributed by atoms with van der Waals surface area (Å²) < 4.78 is 34.6. The summed E-state index contributed by atoms with van der Waals surface area (Å²) in [6.45, 7) is 5.16. The molecule has 7 heteroatoms. The lowest BCUT2D eigenvalue weighted by molar-refractivity contribution is 0.0845. The maximum absolute atomic E-state index is 12.3.